The van der Waals surface area contributed by atoms with Gasteiger partial charge in [0.05, 0.1) is 0 Å². The lowest BCUT2D eigenvalue weighted by molar-refractivity contribution is 0.618. The van der Waals surface area contributed by atoms with Crippen molar-refractivity contribution in [2.24, 2.45) is 5.73 Å². The first-order valence-electron chi connectivity index (χ1n) is 4.63. The van der Waals surface area contributed by atoms with Gasteiger partial charge >= 0.3 is 0 Å². The summed E-state index contributed by atoms with van der Waals surface area (Å²) in [5, 5.41) is 0. The lowest BCUT2D eigenvalue weighted by atomic mass is 10.2. The summed E-state index contributed by atoms with van der Waals surface area (Å²) >= 11 is 0. The zero-order chi connectivity index (χ0) is 8.97. The van der Waals surface area contributed by atoms with Gasteiger partial charge in [0.15, 0.2) is 0 Å². The highest BCUT2D eigenvalue weighted by Gasteiger charge is 2.01. The van der Waals surface area contributed by atoms with Gasteiger partial charge in [-0.25, -0.2) is 0 Å². The van der Waals surface area contributed by atoms with E-state index in [4.69, 9.17) is 5.73 Å². The summed E-state index contributed by atoms with van der Waals surface area (Å²) in [6.45, 7) is 5.34. The monoisotopic (exact) mass is 166 g/mol. The number of aromatic nitrogens is 1. The average molecular weight is 166 g/mol. The van der Waals surface area contributed by atoms with Gasteiger partial charge in [0.25, 0.3) is 0 Å². The Morgan fingerprint density at radius 2 is 2.33 bits per heavy atom. The highest BCUT2D eigenvalue weighted by Crippen LogP contribution is 2.05. The van der Waals surface area contributed by atoms with Crippen molar-refractivity contribution < 1.29 is 0 Å². The largest absolute Gasteiger partial charge is 0.351 e. The minimum absolute atomic E-state index is 0.260. The minimum Gasteiger partial charge on any atom is -0.351 e. The van der Waals surface area contributed by atoms with E-state index in [1.165, 1.54) is 12.1 Å². The van der Waals surface area contributed by atoms with Crippen LogP contribution in [0.4, 0.5) is 0 Å². The smallest absolute Gasteiger partial charge is 0.0219 e. The maximum Gasteiger partial charge on any atom is 0.0219 e. The normalized spacial score (nSPS) is 13.2. The molecule has 0 aliphatic carbocycles. The minimum atomic E-state index is 0.260. The van der Waals surface area contributed by atoms with Crippen LogP contribution in [0.1, 0.15) is 26.0 Å². The van der Waals surface area contributed by atoms with Gasteiger partial charge in [-0.2, -0.15) is 0 Å². The van der Waals surface area contributed by atoms with Gasteiger partial charge in [-0.1, -0.05) is 6.92 Å². The third-order valence-corrected chi connectivity index (χ3v) is 1.92. The molecule has 2 nitrogen and oxygen atoms in total. The van der Waals surface area contributed by atoms with E-state index in [1.807, 2.05) is 6.92 Å². The van der Waals surface area contributed by atoms with Crippen molar-refractivity contribution in [2.75, 3.05) is 0 Å². The van der Waals surface area contributed by atoms with Gasteiger partial charge in [0.2, 0.25) is 0 Å². The van der Waals surface area contributed by atoms with Crippen LogP contribution in [0.2, 0.25) is 0 Å². The first kappa shape index (κ1) is 9.33. The topological polar surface area (TPSA) is 30.9 Å². The summed E-state index contributed by atoms with van der Waals surface area (Å²) in [6, 6.07) is 4.50. The highest BCUT2D eigenvalue weighted by molar-refractivity contribution is 5.08. The van der Waals surface area contributed by atoms with E-state index >= 15 is 0 Å². The Hall–Kier alpha value is -0.760. The second-order valence-corrected chi connectivity index (χ2v) is 3.37. The second kappa shape index (κ2) is 4.31. The molecule has 0 spiro atoms. The van der Waals surface area contributed by atoms with Crippen molar-refractivity contribution in [2.45, 2.75) is 39.3 Å². The summed E-state index contributed by atoms with van der Waals surface area (Å²) in [5.41, 5.74) is 7.09. The van der Waals surface area contributed by atoms with Gasteiger partial charge in [-0.15, -0.1) is 0 Å². The summed E-state index contributed by atoms with van der Waals surface area (Å²) < 4.78 is 2.28. The summed E-state index contributed by atoms with van der Waals surface area (Å²) in [4.78, 5) is 0. The Balaban J connectivity index is 2.63. The number of hydrogen-bond donors (Lipinski definition) is 1. The zero-order valence-corrected chi connectivity index (χ0v) is 7.96. The van der Waals surface area contributed by atoms with E-state index in [9.17, 15) is 0 Å². The maximum absolute atomic E-state index is 5.74. The first-order valence-corrected chi connectivity index (χ1v) is 4.63. The molecule has 0 fully saturated rings. The van der Waals surface area contributed by atoms with Crippen molar-refractivity contribution in [1.82, 2.24) is 4.57 Å². The lowest BCUT2D eigenvalue weighted by Crippen LogP contribution is -2.19. The van der Waals surface area contributed by atoms with E-state index in [0.717, 1.165) is 13.0 Å². The van der Waals surface area contributed by atoms with Crippen LogP contribution in [0.25, 0.3) is 0 Å². The molecular weight excluding hydrogens is 148 g/mol. The molecule has 0 saturated heterocycles. The standard InChI is InChI=1S/C10H18N2/c1-3-6-12-7-4-5-10(12)8-9(2)11/h4-5,7,9H,3,6,8,11H2,1-2H3. The quantitative estimate of drug-likeness (QED) is 0.726. The molecule has 2 N–H and O–H groups in total. The van der Waals surface area contributed by atoms with E-state index < -0.39 is 0 Å². The Bertz CT molecular complexity index is 225. The van der Waals surface area contributed by atoms with E-state index in [-0.39, 0.29) is 6.04 Å². The molecule has 68 valence electrons. The molecule has 2 heteroatoms. The number of nitrogens with two attached hydrogens (primary N) is 1. The van der Waals surface area contributed by atoms with Crippen LogP contribution >= 0.6 is 0 Å². The van der Waals surface area contributed by atoms with Crippen molar-refractivity contribution in [3.63, 3.8) is 0 Å². The molecule has 12 heavy (non-hydrogen) atoms. The van der Waals surface area contributed by atoms with Crippen LogP contribution in [0.5, 0.6) is 0 Å². The molecule has 0 amide bonds. The average Bonchev–Trinajstić information content (AvgIpc) is 2.37. The van der Waals surface area contributed by atoms with Crippen molar-refractivity contribution in [3.8, 4) is 0 Å². The predicted octanol–water partition coefficient (Wildman–Crippen LogP) is 1.79. The van der Waals surface area contributed by atoms with Crippen LogP contribution in [0.15, 0.2) is 18.3 Å². The Morgan fingerprint density at radius 3 is 2.92 bits per heavy atom. The van der Waals surface area contributed by atoms with Crippen LogP contribution in [0.3, 0.4) is 0 Å². The number of nitrogens with zero attached hydrogens (tertiary/aromatic N) is 1. The third-order valence-electron chi connectivity index (χ3n) is 1.92. The molecule has 0 saturated carbocycles. The molecule has 1 aromatic rings. The summed E-state index contributed by atoms with van der Waals surface area (Å²) in [5.74, 6) is 0. The second-order valence-electron chi connectivity index (χ2n) is 3.37. The molecule has 1 unspecified atom stereocenters. The Morgan fingerprint density at radius 1 is 1.58 bits per heavy atom. The predicted molar refractivity (Wildman–Crippen MR) is 52.1 cm³/mol. The lowest BCUT2D eigenvalue weighted by Gasteiger charge is -2.09. The van der Waals surface area contributed by atoms with Gasteiger partial charge in [-0.3, -0.25) is 0 Å². The van der Waals surface area contributed by atoms with E-state index in [0.29, 0.717) is 0 Å². The van der Waals surface area contributed by atoms with Gasteiger partial charge < -0.3 is 10.3 Å². The molecule has 0 radical (unpaired) electrons. The number of aryl methyl sites for hydroxylation is 1. The maximum atomic E-state index is 5.74. The zero-order valence-electron chi connectivity index (χ0n) is 7.96. The Labute approximate surface area is 74.4 Å². The van der Waals surface area contributed by atoms with Crippen molar-refractivity contribution in [3.05, 3.63) is 24.0 Å². The fraction of sp³-hybridized carbons (Fsp3) is 0.600. The van der Waals surface area contributed by atoms with E-state index in [2.05, 4.69) is 29.8 Å². The molecular formula is C10H18N2. The number of hydrogen-bond acceptors (Lipinski definition) is 1. The van der Waals surface area contributed by atoms with Crippen LogP contribution < -0.4 is 5.73 Å². The van der Waals surface area contributed by atoms with Crippen LogP contribution in [-0.2, 0) is 13.0 Å². The van der Waals surface area contributed by atoms with Crippen LogP contribution in [-0.4, -0.2) is 10.6 Å². The third kappa shape index (κ3) is 2.38. The molecule has 0 aliphatic heterocycles. The molecule has 0 aromatic carbocycles. The fourth-order valence-electron chi connectivity index (χ4n) is 1.42. The molecule has 0 aliphatic rings. The number of rotatable bonds is 4. The first-order chi connectivity index (χ1) is 5.74. The molecule has 1 heterocycles. The summed E-state index contributed by atoms with van der Waals surface area (Å²) in [7, 11) is 0. The SMILES string of the molecule is CCCn1cccc1CC(C)N. The fourth-order valence-corrected chi connectivity index (χ4v) is 1.42. The highest BCUT2D eigenvalue weighted by atomic mass is 15.0. The van der Waals surface area contributed by atoms with Crippen molar-refractivity contribution >= 4 is 0 Å². The van der Waals surface area contributed by atoms with Gasteiger partial charge in [0, 0.05) is 30.9 Å². The van der Waals surface area contributed by atoms with Gasteiger partial charge in [0.1, 0.15) is 0 Å². The Kier molecular flexibility index (Phi) is 3.35. The van der Waals surface area contributed by atoms with Gasteiger partial charge in [-0.05, 0) is 25.5 Å². The van der Waals surface area contributed by atoms with Crippen LogP contribution in [0, 0.1) is 0 Å². The molecule has 1 rings (SSSR count). The molecule has 1 aromatic heterocycles. The van der Waals surface area contributed by atoms with Crippen molar-refractivity contribution in [1.29, 1.82) is 0 Å². The van der Waals surface area contributed by atoms with E-state index in [1.54, 1.807) is 0 Å². The molecule has 0 bridgehead atoms. The molecule has 1 atom stereocenters. The summed E-state index contributed by atoms with van der Waals surface area (Å²) in [6.07, 6.45) is 4.29.